The van der Waals surface area contributed by atoms with Gasteiger partial charge in [0.25, 0.3) is 0 Å². The molecule has 1 atom stereocenters. The largest absolute Gasteiger partial charge is 0.384 e. The SMILES string of the molecule is Cc1ccncc1C(O)c1cccc(N(C)C)c1. The van der Waals surface area contributed by atoms with Crippen molar-refractivity contribution in [1.29, 1.82) is 0 Å². The number of hydrogen-bond acceptors (Lipinski definition) is 3. The van der Waals surface area contributed by atoms with Crippen LogP contribution >= 0.6 is 0 Å². The summed E-state index contributed by atoms with van der Waals surface area (Å²) >= 11 is 0. The molecule has 94 valence electrons. The second-order valence-electron chi connectivity index (χ2n) is 4.62. The molecule has 0 fully saturated rings. The van der Waals surface area contributed by atoms with Crippen LogP contribution in [0.25, 0.3) is 0 Å². The number of aliphatic hydroxyl groups excluding tert-OH is 1. The van der Waals surface area contributed by atoms with Gasteiger partial charge < -0.3 is 10.0 Å². The highest BCUT2D eigenvalue weighted by Gasteiger charge is 2.13. The monoisotopic (exact) mass is 242 g/mol. The first-order valence-corrected chi connectivity index (χ1v) is 5.95. The summed E-state index contributed by atoms with van der Waals surface area (Å²) in [6.45, 7) is 1.98. The van der Waals surface area contributed by atoms with Crippen molar-refractivity contribution in [3.63, 3.8) is 0 Å². The molecule has 0 saturated heterocycles. The first-order chi connectivity index (χ1) is 8.59. The second-order valence-corrected chi connectivity index (χ2v) is 4.62. The van der Waals surface area contributed by atoms with Crippen molar-refractivity contribution in [1.82, 2.24) is 4.98 Å². The van der Waals surface area contributed by atoms with Gasteiger partial charge in [-0.05, 0) is 36.2 Å². The normalized spacial score (nSPS) is 12.2. The molecule has 0 aliphatic carbocycles. The van der Waals surface area contributed by atoms with Gasteiger partial charge in [0.05, 0.1) is 0 Å². The summed E-state index contributed by atoms with van der Waals surface area (Å²) in [7, 11) is 3.97. The zero-order valence-electron chi connectivity index (χ0n) is 11.0. The van der Waals surface area contributed by atoms with Gasteiger partial charge in [-0.1, -0.05) is 12.1 Å². The van der Waals surface area contributed by atoms with Crippen molar-refractivity contribution in [2.24, 2.45) is 0 Å². The average molecular weight is 242 g/mol. The Balaban J connectivity index is 2.37. The number of aromatic nitrogens is 1. The third-order valence-electron chi connectivity index (χ3n) is 3.08. The van der Waals surface area contributed by atoms with Crippen molar-refractivity contribution in [2.75, 3.05) is 19.0 Å². The van der Waals surface area contributed by atoms with E-state index in [1.54, 1.807) is 12.4 Å². The van der Waals surface area contributed by atoms with Gasteiger partial charge in [-0.25, -0.2) is 0 Å². The second kappa shape index (κ2) is 5.19. The zero-order valence-corrected chi connectivity index (χ0v) is 11.0. The van der Waals surface area contributed by atoms with Crippen molar-refractivity contribution in [2.45, 2.75) is 13.0 Å². The lowest BCUT2D eigenvalue weighted by atomic mass is 9.99. The average Bonchev–Trinajstić information content (AvgIpc) is 2.38. The highest BCUT2D eigenvalue weighted by Crippen LogP contribution is 2.26. The molecule has 1 aromatic carbocycles. The van der Waals surface area contributed by atoms with Crippen LogP contribution in [0, 0.1) is 6.92 Å². The van der Waals surface area contributed by atoms with E-state index in [0.29, 0.717) is 0 Å². The summed E-state index contributed by atoms with van der Waals surface area (Å²) in [5.41, 5.74) is 3.87. The molecule has 1 aromatic heterocycles. The summed E-state index contributed by atoms with van der Waals surface area (Å²) in [6, 6.07) is 9.82. The predicted molar refractivity (Wildman–Crippen MR) is 73.8 cm³/mol. The number of pyridine rings is 1. The fraction of sp³-hybridized carbons (Fsp3) is 0.267. The number of hydrogen-bond donors (Lipinski definition) is 1. The molecule has 1 unspecified atom stereocenters. The molecule has 1 N–H and O–H groups in total. The van der Waals surface area contributed by atoms with Crippen LogP contribution in [0.5, 0.6) is 0 Å². The lowest BCUT2D eigenvalue weighted by Gasteiger charge is -2.17. The maximum absolute atomic E-state index is 10.4. The van der Waals surface area contributed by atoms with E-state index in [-0.39, 0.29) is 0 Å². The molecule has 0 bridgehead atoms. The van der Waals surface area contributed by atoms with E-state index in [0.717, 1.165) is 22.4 Å². The molecule has 0 aliphatic rings. The summed E-state index contributed by atoms with van der Waals surface area (Å²) in [5.74, 6) is 0. The number of aliphatic hydroxyl groups is 1. The maximum Gasteiger partial charge on any atom is 0.106 e. The van der Waals surface area contributed by atoms with Crippen molar-refractivity contribution >= 4 is 5.69 Å². The predicted octanol–water partition coefficient (Wildman–Crippen LogP) is 2.54. The minimum absolute atomic E-state index is 0.626. The number of aryl methyl sites for hydroxylation is 1. The van der Waals surface area contributed by atoms with E-state index in [1.165, 1.54) is 0 Å². The van der Waals surface area contributed by atoms with Gasteiger partial charge in [-0.2, -0.15) is 0 Å². The first-order valence-electron chi connectivity index (χ1n) is 5.95. The first kappa shape index (κ1) is 12.6. The van der Waals surface area contributed by atoms with Crippen LogP contribution in [-0.4, -0.2) is 24.2 Å². The van der Waals surface area contributed by atoms with Crippen molar-refractivity contribution < 1.29 is 5.11 Å². The molecule has 3 heteroatoms. The number of rotatable bonds is 3. The summed E-state index contributed by atoms with van der Waals surface area (Å²) in [4.78, 5) is 6.10. The van der Waals surface area contributed by atoms with Crippen LogP contribution in [0.1, 0.15) is 22.8 Å². The molecule has 0 radical (unpaired) electrons. The van der Waals surface area contributed by atoms with E-state index in [4.69, 9.17) is 0 Å². The fourth-order valence-electron chi connectivity index (χ4n) is 1.92. The molecule has 0 aliphatic heterocycles. The van der Waals surface area contributed by atoms with Crippen molar-refractivity contribution in [3.8, 4) is 0 Å². The summed E-state index contributed by atoms with van der Waals surface area (Å²) in [6.07, 6.45) is 2.84. The van der Waals surface area contributed by atoms with Gasteiger partial charge >= 0.3 is 0 Å². The summed E-state index contributed by atoms with van der Waals surface area (Å²) in [5, 5.41) is 10.4. The molecular weight excluding hydrogens is 224 g/mol. The van der Waals surface area contributed by atoms with Crippen LogP contribution < -0.4 is 4.90 Å². The maximum atomic E-state index is 10.4. The number of benzene rings is 1. The smallest absolute Gasteiger partial charge is 0.106 e. The standard InChI is InChI=1S/C15H18N2O/c1-11-7-8-16-10-14(11)15(18)12-5-4-6-13(9-12)17(2)3/h4-10,15,18H,1-3H3. The van der Waals surface area contributed by atoms with Gasteiger partial charge in [-0.15, -0.1) is 0 Å². The Labute approximate surface area is 108 Å². The van der Waals surface area contributed by atoms with Gasteiger partial charge in [0.2, 0.25) is 0 Å². The van der Waals surface area contributed by atoms with Gasteiger partial charge in [-0.3, -0.25) is 4.98 Å². The number of nitrogens with zero attached hydrogens (tertiary/aromatic N) is 2. The molecule has 0 amide bonds. The Bertz CT molecular complexity index is 538. The van der Waals surface area contributed by atoms with Gasteiger partial charge in [0.15, 0.2) is 0 Å². The quantitative estimate of drug-likeness (QED) is 0.898. The van der Waals surface area contributed by atoms with E-state index in [9.17, 15) is 5.11 Å². The van der Waals surface area contributed by atoms with Crippen LogP contribution in [0.4, 0.5) is 5.69 Å². The molecule has 1 heterocycles. The van der Waals surface area contributed by atoms with Gasteiger partial charge in [0.1, 0.15) is 6.10 Å². The fourth-order valence-corrected chi connectivity index (χ4v) is 1.92. The molecule has 18 heavy (non-hydrogen) atoms. The minimum Gasteiger partial charge on any atom is -0.384 e. The Kier molecular flexibility index (Phi) is 3.63. The van der Waals surface area contributed by atoms with E-state index >= 15 is 0 Å². The third kappa shape index (κ3) is 2.51. The van der Waals surface area contributed by atoms with Crippen molar-refractivity contribution in [3.05, 3.63) is 59.4 Å². The van der Waals surface area contributed by atoms with Gasteiger partial charge in [0, 0.05) is 37.7 Å². The lowest BCUT2D eigenvalue weighted by Crippen LogP contribution is -2.10. The Morgan fingerprint density at radius 1 is 1.22 bits per heavy atom. The highest BCUT2D eigenvalue weighted by molar-refractivity contribution is 5.49. The van der Waals surface area contributed by atoms with Crippen LogP contribution in [-0.2, 0) is 0 Å². The number of anilines is 1. The Morgan fingerprint density at radius 2 is 2.00 bits per heavy atom. The lowest BCUT2D eigenvalue weighted by molar-refractivity contribution is 0.219. The van der Waals surface area contributed by atoms with E-state index in [2.05, 4.69) is 4.98 Å². The van der Waals surface area contributed by atoms with E-state index in [1.807, 2.05) is 56.3 Å². The zero-order chi connectivity index (χ0) is 13.1. The molecule has 3 nitrogen and oxygen atoms in total. The van der Waals surface area contributed by atoms with Crippen LogP contribution in [0.3, 0.4) is 0 Å². The minimum atomic E-state index is -0.626. The Hall–Kier alpha value is -1.87. The topological polar surface area (TPSA) is 36.4 Å². The Morgan fingerprint density at radius 3 is 2.67 bits per heavy atom. The molecular formula is C15H18N2O. The molecule has 0 spiro atoms. The molecule has 2 aromatic rings. The summed E-state index contributed by atoms with van der Waals surface area (Å²) < 4.78 is 0. The molecule has 2 rings (SSSR count). The molecule has 0 saturated carbocycles. The van der Waals surface area contributed by atoms with Crippen LogP contribution in [0.15, 0.2) is 42.7 Å². The van der Waals surface area contributed by atoms with Crippen LogP contribution in [0.2, 0.25) is 0 Å². The van der Waals surface area contributed by atoms with E-state index < -0.39 is 6.10 Å². The third-order valence-corrected chi connectivity index (χ3v) is 3.08. The highest BCUT2D eigenvalue weighted by atomic mass is 16.3.